The van der Waals surface area contributed by atoms with Crippen LogP contribution in [0.25, 0.3) is 0 Å². The van der Waals surface area contributed by atoms with E-state index in [9.17, 15) is 4.39 Å². The lowest BCUT2D eigenvalue weighted by Gasteiger charge is -2.19. The van der Waals surface area contributed by atoms with E-state index in [0.717, 1.165) is 26.1 Å². The molecule has 1 aromatic rings. The minimum absolute atomic E-state index is 0.135. The van der Waals surface area contributed by atoms with Gasteiger partial charge in [0, 0.05) is 13.6 Å². The number of unbranched alkanes of at least 4 members (excludes halogenated alkanes) is 2. The standard InChI is InChI=1S/C15H25FN2/c1-3-11-17-12-7-4-8-13-18(2)15-10-6-5-9-14(15)16/h5-6,9-10,17H,3-4,7-8,11-13H2,1-2H3. The molecule has 0 atom stereocenters. The van der Waals surface area contributed by atoms with Gasteiger partial charge in [0.1, 0.15) is 5.82 Å². The molecule has 0 fully saturated rings. The Hall–Kier alpha value is -1.09. The number of nitrogens with one attached hydrogen (secondary N) is 1. The summed E-state index contributed by atoms with van der Waals surface area (Å²) in [4.78, 5) is 1.99. The van der Waals surface area contributed by atoms with E-state index in [2.05, 4.69) is 12.2 Å². The summed E-state index contributed by atoms with van der Waals surface area (Å²) in [6.07, 6.45) is 4.69. The van der Waals surface area contributed by atoms with Gasteiger partial charge in [0.05, 0.1) is 5.69 Å². The lowest BCUT2D eigenvalue weighted by atomic mass is 10.2. The van der Waals surface area contributed by atoms with Gasteiger partial charge in [-0.1, -0.05) is 25.5 Å². The Balaban J connectivity index is 2.14. The third kappa shape index (κ3) is 5.50. The zero-order valence-electron chi connectivity index (χ0n) is 11.6. The number of rotatable bonds is 9. The normalized spacial score (nSPS) is 10.6. The van der Waals surface area contributed by atoms with E-state index in [-0.39, 0.29) is 5.82 Å². The van der Waals surface area contributed by atoms with E-state index in [0.29, 0.717) is 5.69 Å². The van der Waals surface area contributed by atoms with Gasteiger partial charge in [-0.25, -0.2) is 4.39 Å². The molecule has 0 aliphatic heterocycles. The summed E-state index contributed by atoms with van der Waals surface area (Å²) >= 11 is 0. The maximum atomic E-state index is 13.5. The third-order valence-corrected chi connectivity index (χ3v) is 3.04. The van der Waals surface area contributed by atoms with Gasteiger partial charge >= 0.3 is 0 Å². The highest BCUT2D eigenvalue weighted by Crippen LogP contribution is 2.17. The van der Waals surface area contributed by atoms with Crippen LogP contribution in [0.3, 0.4) is 0 Å². The van der Waals surface area contributed by atoms with Crippen molar-refractivity contribution in [3.05, 3.63) is 30.1 Å². The Morgan fingerprint density at radius 1 is 1.11 bits per heavy atom. The fraction of sp³-hybridized carbons (Fsp3) is 0.600. The van der Waals surface area contributed by atoms with Crippen molar-refractivity contribution in [3.63, 3.8) is 0 Å². The second-order valence-corrected chi connectivity index (χ2v) is 4.68. The number of nitrogens with zero attached hydrogens (tertiary/aromatic N) is 1. The van der Waals surface area contributed by atoms with Gasteiger partial charge in [-0.2, -0.15) is 0 Å². The molecule has 1 aromatic carbocycles. The predicted octanol–water partition coefficient (Wildman–Crippen LogP) is 3.43. The minimum Gasteiger partial charge on any atom is -0.372 e. The number of anilines is 1. The van der Waals surface area contributed by atoms with Gasteiger partial charge in [-0.15, -0.1) is 0 Å². The largest absolute Gasteiger partial charge is 0.372 e. The van der Waals surface area contributed by atoms with Crippen LogP contribution >= 0.6 is 0 Å². The van der Waals surface area contributed by atoms with E-state index >= 15 is 0 Å². The second kappa shape index (κ2) is 8.92. The van der Waals surface area contributed by atoms with E-state index in [1.54, 1.807) is 6.07 Å². The highest BCUT2D eigenvalue weighted by atomic mass is 19.1. The van der Waals surface area contributed by atoms with E-state index in [4.69, 9.17) is 0 Å². The first-order chi connectivity index (χ1) is 8.75. The summed E-state index contributed by atoms with van der Waals surface area (Å²) in [5, 5.41) is 3.39. The smallest absolute Gasteiger partial charge is 0.146 e. The summed E-state index contributed by atoms with van der Waals surface area (Å²) in [5.74, 6) is -0.135. The van der Waals surface area contributed by atoms with Crippen LogP contribution in [0.15, 0.2) is 24.3 Å². The molecule has 0 aliphatic carbocycles. The molecular formula is C15H25FN2. The number of benzene rings is 1. The molecule has 18 heavy (non-hydrogen) atoms. The predicted molar refractivity (Wildman–Crippen MR) is 76.7 cm³/mol. The topological polar surface area (TPSA) is 15.3 Å². The zero-order valence-corrected chi connectivity index (χ0v) is 11.6. The molecule has 0 aliphatic rings. The molecule has 1 rings (SSSR count). The van der Waals surface area contributed by atoms with Crippen molar-refractivity contribution in [3.8, 4) is 0 Å². The minimum atomic E-state index is -0.135. The van der Waals surface area contributed by atoms with Crippen LogP contribution in [0.1, 0.15) is 32.6 Å². The van der Waals surface area contributed by atoms with E-state index < -0.39 is 0 Å². The molecule has 2 nitrogen and oxygen atoms in total. The molecule has 0 amide bonds. The van der Waals surface area contributed by atoms with Crippen LogP contribution in [-0.4, -0.2) is 26.7 Å². The Morgan fingerprint density at radius 2 is 1.89 bits per heavy atom. The van der Waals surface area contributed by atoms with Gasteiger partial charge in [-0.3, -0.25) is 0 Å². The molecule has 0 heterocycles. The van der Waals surface area contributed by atoms with Crippen molar-refractivity contribution in [2.24, 2.45) is 0 Å². The molecule has 3 heteroatoms. The maximum absolute atomic E-state index is 13.5. The van der Waals surface area contributed by atoms with E-state index in [1.165, 1.54) is 25.3 Å². The molecule has 0 spiro atoms. The SMILES string of the molecule is CCCNCCCCCN(C)c1ccccc1F. The molecule has 0 saturated heterocycles. The van der Waals surface area contributed by atoms with Crippen LogP contribution in [-0.2, 0) is 0 Å². The first-order valence-electron chi connectivity index (χ1n) is 6.92. The first kappa shape index (κ1) is 15.0. The number of halogens is 1. The second-order valence-electron chi connectivity index (χ2n) is 4.68. The van der Waals surface area contributed by atoms with Crippen LogP contribution in [0.4, 0.5) is 10.1 Å². The van der Waals surface area contributed by atoms with Crippen molar-refractivity contribution in [2.45, 2.75) is 32.6 Å². The van der Waals surface area contributed by atoms with Crippen LogP contribution < -0.4 is 10.2 Å². The average molecular weight is 252 g/mol. The first-order valence-corrected chi connectivity index (χ1v) is 6.92. The molecule has 0 aromatic heterocycles. The summed E-state index contributed by atoms with van der Waals surface area (Å²) in [6, 6.07) is 6.95. The number of hydrogen-bond donors (Lipinski definition) is 1. The maximum Gasteiger partial charge on any atom is 0.146 e. The van der Waals surface area contributed by atoms with Gasteiger partial charge < -0.3 is 10.2 Å². The lowest BCUT2D eigenvalue weighted by Crippen LogP contribution is -2.20. The Morgan fingerprint density at radius 3 is 2.61 bits per heavy atom. The van der Waals surface area contributed by atoms with Crippen LogP contribution in [0, 0.1) is 5.82 Å². The van der Waals surface area contributed by atoms with Gasteiger partial charge in [-0.05, 0) is 44.5 Å². The lowest BCUT2D eigenvalue weighted by molar-refractivity contribution is 0.591. The van der Waals surface area contributed by atoms with Crippen molar-refractivity contribution in [2.75, 3.05) is 31.6 Å². The zero-order chi connectivity index (χ0) is 13.2. The van der Waals surface area contributed by atoms with Gasteiger partial charge in [0.25, 0.3) is 0 Å². The molecular weight excluding hydrogens is 227 g/mol. The van der Waals surface area contributed by atoms with E-state index in [1.807, 2.05) is 24.1 Å². The van der Waals surface area contributed by atoms with Crippen LogP contribution in [0.2, 0.25) is 0 Å². The fourth-order valence-corrected chi connectivity index (χ4v) is 1.96. The monoisotopic (exact) mass is 252 g/mol. The Bertz CT molecular complexity index is 328. The Kier molecular flexibility index (Phi) is 7.42. The van der Waals surface area contributed by atoms with Crippen molar-refractivity contribution in [1.29, 1.82) is 0 Å². The summed E-state index contributed by atoms with van der Waals surface area (Å²) in [7, 11) is 1.95. The quantitative estimate of drug-likeness (QED) is 0.677. The fourth-order valence-electron chi connectivity index (χ4n) is 1.96. The highest BCUT2D eigenvalue weighted by molar-refractivity contribution is 5.46. The summed E-state index contributed by atoms with van der Waals surface area (Å²) < 4.78 is 13.5. The summed E-state index contributed by atoms with van der Waals surface area (Å²) in [6.45, 7) is 5.29. The summed E-state index contributed by atoms with van der Waals surface area (Å²) in [5.41, 5.74) is 0.696. The molecule has 102 valence electrons. The van der Waals surface area contributed by atoms with Crippen LogP contribution in [0.5, 0.6) is 0 Å². The molecule has 1 N–H and O–H groups in total. The number of hydrogen-bond acceptors (Lipinski definition) is 2. The molecule has 0 saturated carbocycles. The Labute approximate surface area is 110 Å². The molecule has 0 bridgehead atoms. The van der Waals surface area contributed by atoms with Gasteiger partial charge in [0.15, 0.2) is 0 Å². The van der Waals surface area contributed by atoms with Gasteiger partial charge in [0.2, 0.25) is 0 Å². The molecule has 0 radical (unpaired) electrons. The molecule has 0 unspecified atom stereocenters. The number of para-hydroxylation sites is 1. The third-order valence-electron chi connectivity index (χ3n) is 3.04. The van der Waals surface area contributed by atoms with Crippen molar-refractivity contribution < 1.29 is 4.39 Å². The van der Waals surface area contributed by atoms with Crippen molar-refractivity contribution in [1.82, 2.24) is 5.32 Å². The van der Waals surface area contributed by atoms with Crippen molar-refractivity contribution >= 4 is 5.69 Å². The highest BCUT2D eigenvalue weighted by Gasteiger charge is 2.05. The average Bonchev–Trinajstić information content (AvgIpc) is 2.38.